The summed E-state index contributed by atoms with van der Waals surface area (Å²) in [7, 11) is 0. The molecule has 1 aromatic rings. The van der Waals surface area contributed by atoms with Gasteiger partial charge >= 0.3 is 0 Å². The molecular formula is C13H22N4O2S. The highest BCUT2D eigenvalue weighted by atomic mass is 32.2. The second-order valence-electron chi connectivity index (χ2n) is 5.51. The zero-order chi connectivity index (χ0) is 14.6. The lowest BCUT2D eigenvalue weighted by Crippen LogP contribution is -2.53. The minimum atomic E-state index is -0.576. The van der Waals surface area contributed by atoms with E-state index < -0.39 is 5.54 Å². The Bertz CT molecular complexity index is 461. The standard InChI is InChI=1S/C13H22N4O2S/c1-9-16-17-12(19-9)20-8-4-3-7-13(2,11(14)18)15-10-5-6-10/h10,15H,3-8H2,1-2H3,(H2,14,18). The van der Waals surface area contributed by atoms with Gasteiger partial charge in [-0.1, -0.05) is 18.2 Å². The summed E-state index contributed by atoms with van der Waals surface area (Å²) in [4.78, 5) is 11.6. The van der Waals surface area contributed by atoms with Crippen LogP contribution >= 0.6 is 11.8 Å². The number of hydrogen-bond donors (Lipinski definition) is 2. The monoisotopic (exact) mass is 298 g/mol. The lowest BCUT2D eigenvalue weighted by Gasteiger charge is -2.27. The van der Waals surface area contributed by atoms with Gasteiger partial charge in [0.05, 0.1) is 5.54 Å². The maximum atomic E-state index is 11.6. The molecule has 1 atom stereocenters. The van der Waals surface area contributed by atoms with Gasteiger partial charge in [-0.2, -0.15) is 0 Å². The lowest BCUT2D eigenvalue weighted by atomic mass is 9.94. The smallest absolute Gasteiger partial charge is 0.276 e. The molecule has 0 spiro atoms. The molecule has 112 valence electrons. The zero-order valence-electron chi connectivity index (χ0n) is 12.0. The number of carbonyl (C=O) groups excluding carboxylic acids is 1. The number of thioether (sulfide) groups is 1. The molecule has 1 aliphatic carbocycles. The normalized spacial score (nSPS) is 17.9. The first-order chi connectivity index (χ1) is 9.49. The average molecular weight is 298 g/mol. The van der Waals surface area contributed by atoms with E-state index >= 15 is 0 Å². The van der Waals surface area contributed by atoms with Crippen LogP contribution in [0.2, 0.25) is 0 Å². The Balaban J connectivity index is 1.66. The number of nitrogens with zero attached hydrogens (tertiary/aromatic N) is 2. The van der Waals surface area contributed by atoms with Crippen molar-refractivity contribution in [3.63, 3.8) is 0 Å². The topological polar surface area (TPSA) is 94.0 Å². The van der Waals surface area contributed by atoms with Crippen molar-refractivity contribution in [3.8, 4) is 0 Å². The fraction of sp³-hybridized carbons (Fsp3) is 0.769. The van der Waals surface area contributed by atoms with Crippen molar-refractivity contribution < 1.29 is 9.21 Å². The van der Waals surface area contributed by atoms with E-state index in [-0.39, 0.29) is 5.91 Å². The van der Waals surface area contributed by atoms with Crippen molar-refractivity contribution in [3.05, 3.63) is 5.89 Å². The lowest BCUT2D eigenvalue weighted by molar-refractivity contribution is -0.124. The predicted molar refractivity (Wildman–Crippen MR) is 77.4 cm³/mol. The van der Waals surface area contributed by atoms with E-state index in [2.05, 4.69) is 15.5 Å². The molecule has 6 nitrogen and oxygen atoms in total. The summed E-state index contributed by atoms with van der Waals surface area (Å²) in [5, 5.41) is 11.7. The minimum Gasteiger partial charge on any atom is -0.416 e. The van der Waals surface area contributed by atoms with Gasteiger partial charge in [-0.05, 0) is 32.6 Å². The molecule has 20 heavy (non-hydrogen) atoms. The van der Waals surface area contributed by atoms with Crippen LogP contribution in [0.25, 0.3) is 0 Å². The quantitative estimate of drug-likeness (QED) is 0.531. The summed E-state index contributed by atoms with van der Waals surface area (Å²) in [5.41, 5.74) is 4.94. The summed E-state index contributed by atoms with van der Waals surface area (Å²) < 4.78 is 5.28. The van der Waals surface area contributed by atoms with Crippen LogP contribution in [0.15, 0.2) is 9.64 Å². The Kier molecular flexibility index (Phi) is 5.04. The highest BCUT2D eigenvalue weighted by Gasteiger charge is 2.36. The number of rotatable bonds is 9. The Morgan fingerprint density at radius 3 is 2.80 bits per heavy atom. The van der Waals surface area contributed by atoms with Gasteiger partial charge in [0.25, 0.3) is 5.22 Å². The highest BCUT2D eigenvalue weighted by Crippen LogP contribution is 2.25. The Morgan fingerprint density at radius 2 is 2.25 bits per heavy atom. The van der Waals surface area contributed by atoms with Crippen molar-refractivity contribution in [2.45, 2.75) is 62.8 Å². The molecule has 7 heteroatoms. The molecule has 0 aliphatic heterocycles. The molecule has 1 saturated carbocycles. The number of aromatic nitrogens is 2. The number of nitrogens with one attached hydrogen (secondary N) is 1. The van der Waals surface area contributed by atoms with Gasteiger partial charge in [-0.3, -0.25) is 4.79 Å². The third kappa shape index (κ3) is 4.49. The molecule has 1 aliphatic rings. The summed E-state index contributed by atoms with van der Waals surface area (Å²) in [5.74, 6) is 1.23. The third-order valence-corrected chi connectivity index (χ3v) is 4.35. The van der Waals surface area contributed by atoms with Crippen LogP contribution in [0.3, 0.4) is 0 Å². The number of amides is 1. The molecule has 0 radical (unpaired) electrons. The van der Waals surface area contributed by atoms with Gasteiger partial charge in [0.15, 0.2) is 0 Å². The van der Waals surface area contributed by atoms with Crippen LogP contribution < -0.4 is 11.1 Å². The van der Waals surface area contributed by atoms with Crippen LogP contribution in [-0.2, 0) is 4.79 Å². The maximum Gasteiger partial charge on any atom is 0.276 e. The molecule has 0 saturated heterocycles. The van der Waals surface area contributed by atoms with Crippen molar-refractivity contribution in [2.24, 2.45) is 5.73 Å². The third-order valence-electron chi connectivity index (χ3n) is 3.45. The highest BCUT2D eigenvalue weighted by molar-refractivity contribution is 7.99. The molecular weight excluding hydrogens is 276 g/mol. The molecule has 1 aromatic heterocycles. The van der Waals surface area contributed by atoms with Crippen LogP contribution in [-0.4, -0.2) is 33.4 Å². The van der Waals surface area contributed by atoms with E-state index in [9.17, 15) is 4.79 Å². The molecule has 1 heterocycles. The largest absolute Gasteiger partial charge is 0.416 e. The SMILES string of the molecule is Cc1nnc(SCCCCC(C)(NC2CC2)C(N)=O)o1. The van der Waals surface area contributed by atoms with Crippen molar-refractivity contribution >= 4 is 17.7 Å². The second-order valence-corrected chi connectivity index (χ2v) is 6.55. The number of nitrogens with two attached hydrogens (primary N) is 1. The molecule has 0 bridgehead atoms. The van der Waals surface area contributed by atoms with E-state index in [0.717, 1.165) is 37.9 Å². The van der Waals surface area contributed by atoms with Gasteiger partial charge < -0.3 is 15.5 Å². The Labute approximate surface area is 123 Å². The number of primary amides is 1. The predicted octanol–water partition coefficient (Wildman–Crippen LogP) is 1.64. The maximum absolute atomic E-state index is 11.6. The van der Waals surface area contributed by atoms with Gasteiger partial charge in [-0.25, -0.2) is 0 Å². The van der Waals surface area contributed by atoms with Gasteiger partial charge in [-0.15, -0.1) is 10.2 Å². The van der Waals surface area contributed by atoms with Crippen molar-refractivity contribution in [1.82, 2.24) is 15.5 Å². The van der Waals surface area contributed by atoms with E-state index in [1.54, 1.807) is 18.7 Å². The summed E-state index contributed by atoms with van der Waals surface area (Å²) in [6, 6.07) is 0.475. The van der Waals surface area contributed by atoms with E-state index in [4.69, 9.17) is 10.2 Å². The van der Waals surface area contributed by atoms with Gasteiger partial charge in [0.1, 0.15) is 0 Å². The fourth-order valence-corrected chi connectivity index (χ4v) is 2.82. The first-order valence-corrected chi connectivity index (χ1v) is 7.99. The van der Waals surface area contributed by atoms with E-state index in [1.165, 1.54) is 0 Å². The van der Waals surface area contributed by atoms with Gasteiger partial charge in [0, 0.05) is 18.7 Å². The number of unbranched alkanes of at least 4 members (excludes halogenated alkanes) is 1. The van der Waals surface area contributed by atoms with Crippen LogP contribution in [0.1, 0.15) is 44.9 Å². The van der Waals surface area contributed by atoms with Gasteiger partial charge in [0.2, 0.25) is 11.8 Å². The Hall–Kier alpha value is -1.08. The second kappa shape index (κ2) is 6.58. The fourth-order valence-electron chi connectivity index (χ4n) is 2.02. The minimum absolute atomic E-state index is 0.260. The zero-order valence-corrected chi connectivity index (χ0v) is 12.8. The molecule has 1 fully saturated rings. The molecule has 3 N–H and O–H groups in total. The summed E-state index contributed by atoms with van der Waals surface area (Å²) in [6.45, 7) is 3.68. The average Bonchev–Trinajstić information content (AvgIpc) is 3.09. The summed E-state index contributed by atoms with van der Waals surface area (Å²) >= 11 is 1.55. The van der Waals surface area contributed by atoms with Crippen LogP contribution in [0.4, 0.5) is 0 Å². The Morgan fingerprint density at radius 1 is 1.50 bits per heavy atom. The molecule has 2 rings (SSSR count). The van der Waals surface area contributed by atoms with Crippen molar-refractivity contribution in [1.29, 1.82) is 0 Å². The van der Waals surface area contributed by atoms with Crippen LogP contribution in [0.5, 0.6) is 0 Å². The number of aryl methyl sites for hydroxylation is 1. The molecule has 0 aromatic carbocycles. The van der Waals surface area contributed by atoms with Crippen molar-refractivity contribution in [2.75, 3.05) is 5.75 Å². The number of carbonyl (C=O) groups is 1. The first kappa shape index (κ1) is 15.3. The summed E-state index contributed by atoms with van der Waals surface area (Å²) in [6.07, 6.45) is 4.99. The van der Waals surface area contributed by atoms with Crippen LogP contribution in [0, 0.1) is 6.92 Å². The van der Waals surface area contributed by atoms with E-state index in [1.807, 2.05) is 6.92 Å². The molecule has 1 amide bonds. The van der Waals surface area contributed by atoms with E-state index in [0.29, 0.717) is 17.2 Å². The number of hydrogen-bond acceptors (Lipinski definition) is 6. The molecule has 1 unspecified atom stereocenters. The first-order valence-electron chi connectivity index (χ1n) is 7.00.